The predicted octanol–water partition coefficient (Wildman–Crippen LogP) is 4.40. The summed E-state index contributed by atoms with van der Waals surface area (Å²) < 4.78 is 0. The van der Waals surface area contributed by atoms with Gasteiger partial charge in [0.1, 0.15) is 5.01 Å². The molecule has 0 bridgehead atoms. The third-order valence-corrected chi connectivity index (χ3v) is 6.00. The van der Waals surface area contributed by atoms with Crippen LogP contribution < -0.4 is 5.32 Å². The number of guanidine groups is 1. The third kappa shape index (κ3) is 4.42. The van der Waals surface area contributed by atoms with Crippen molar-refractivity contribution in [3.8, 4) is 0 Å². The molecule has 0 atom stereocenters. The van der Waals surface area contributed by atoms with Crippen molar-refractivity contribution >= 4 is 41.3 Å². The first-order valence-electron chi connectivity index (χ1n) is 8.90. The van der Waals surface area contributed by atoms with Crippen LogP contribution in [0.1, 0.15) is 64.1 Å². The largest absolute Gasteiger partial charge is 0.357 e. The number of likely N-dealkylation sites (tertiary alicyclic amines) is 1. The van der Waals surface area contributed by atoms with E-state index in [4.69, 9.17) is 9.98 Å². The molecule has 4 nitrogen and oxygen atoms in total. The van der Waals surface area contributed by atoms with Crippen molar-refractivity contribution in [1.82, 2.24) is 15.2 Å². The Hall–Kier alpha value is -0.370. The maximum atomic E-state index is 4.86. The third-order valence-electron chi connectivity index (χ3n) is 5.17. The topological polar surface area (TPSA) is 40.5 Å². The van der Waals surface area contributed by atoms with Crippen molar-refractivity contribution in [2.45, 2.75) is 65.3 Å². The minimum absolute atomic E-state index is 0. The first kappa shape index (κ1) is 19.9. The molecule has 136 valence electrons. The van der Waals surface area contributed by atoms with Gasteiger partial charge in [-0.2, -0.15) is 0 Å². The maximum absolute atomic E-state index is 4.86. The van der Waals surface area contributed by atoms with Crippen molar-refractivity contribution in [1.29, 1.82) is 0 Å². The zero-order chi connectivity index (χ0) is 16.5. The lowest BCUT2D eigenvalue weighted by molar-refractivity contribution is 0.151. The van der Waals surface area contributed by atoms with Crippen molar-refractivity contribution in [3.05, 3.63) is 16.1 Å². The Morgan fingerprint density at radius 2 is 2.12 bits per heavy atom. The number of rotatable bonds is 3. The fraction of sp³-hybridized carbons (Fsp3) is 0.778. The molecule has 2 heterocycles. The molecule has 1 saturated carbocycles. The number of hydrogen-bond acceptors (Lipinski definition) is 3. The van der Waals surface area contributed by atoms with E-state index in [0.29, 0.717) is 12.0 Å². The van der Waals surface area contributed by atoms with Gasteiger partial charge in [-0.3, -0.25) is 0 Å². The number of thiazole rings is 1. The Bertz CT molecular complexity index is 572. The molecule has 0 unspecified atom stereocenters. The molecule has 0 radical (unpaired) electrons. The summed E-state index contributed by atoms with van der Waals surface area (Å²) in [6, 6.07) is 0. The monoisotopic (exact) mass is 462 g/mol. The summed E-state index contributed by atoms with van der Waals surface area (Å²) in [5, 5.41) is 6.76. The van der Waals surface area contributed by atoms with Gasteiger partial charge in [-0.25, -0.2) is 9.98 Å². The summed E-state index contributed by atoms with van der Waals surface area (Å²) in [6.45, 7) is 12.7. The molecule has 1 aromatic heterocycles. The molecular weight excluding hydrogens is 431 g/mol. The highest BCUT2D eigenvalue weighted by molar-refractivity contribution is 14.0. The van der Waals surface area contributed by atoms with E-state index in [1.807, 2.05) is 0 Å². The highest BCUT2D eigenvalue weighted by Crippen LogP contribution is 2.47. The Morgan fingerprint density at radius 1 is 1.38 bits per heavy atom. The lowest BCUT2D eigenvalue weighted by Crippen LogP contribution is -2.42. The summed E-state index contributed by atoms with van der Waals surface area (Å²) in [5.41, 5.74) is 1.90. The van der Waals surface area contributed by atoms with E-state index in [9.17, 15) is 0 Å². The van der Waals surface area contributed by atoms with E-state index in [2.05, 4.69) is 43.3 Å². The predicted molar refractivity (Wildman–Crippen MR) is 114 cm³/mol. The fourth-order valence-corrected chi connectivity index (χ4v) is 4.44. The molecule has 6 heteroatoms. The van der Waals surface area contributed by atoms with Crippen LogP contribution in [0.2, 0.25) is 0 Å². The molecule has 1 spiro atoms. The quantitative estimate of drug-likeness (QED) is 0.411. The summed E-state index contributed by atoms with van der Waals surface area (Å²) in [6.07, 6.45) is 5.56. The van der Waals surface area contributed by atoms with E-state index in [0.717, 1.165) is 24.1 Å². The SMILES string of the molecule is CCNC(=NCc1nc(C(C)(C)C)cs1)N1CCC2(CCC2)C1.I. The van der Waals surface area contributed by atoms with Crippen LogP contribution in [0.15, 0.2) is 10.4 Å². The van der Waals surface area contributed by atoms with E-state index in [1.54, 1.807) is 11.3 Å². The molecule has 0 aromatic carbocycles. The molecule has 1 aromatic rings. The summed E-state index contributed by atoms with van der Waals surface area (Å²) in [5.74, 6) is 1.07. The number of aromatic nitrogens is 1. The Balaban J connectivity index is 0.00000208. The van der Waals surface area contributed by atoms with E-state index in [1.165, 1.54) is 37.9 Å². The molecule has 1 N–H and O–H groups in total. The van der Waals surface area contributed by atoms with Gasteiger partial charge in [0.05, 0.1) is 12.2 Å². The first-order valence-corrected chi connectivity index (χ1v) is 9.78. The fourth-order valence-electron chi connectivity index (χ4n) is 3.50. The summed E-state index contributed by atoms with van der Waals surface area (Å²) >= 11 is 1.73. The number of nitrogens with one attached hydrogen (secondary N) is 1. The second kappa shape index (κ2) is 7.89. The molecule has 2 fully saturated rings. The number of hydrogen-bond donors (Lipinski definition) is 1. The highest BCUT2D eigenvalue weighted by Gasteiger charge is 2.43. The van der Waals surface area contributed by atoms with Crippen LogP contribution in [0.4, 0.5) is 0 Å². The number of nitrogens with zero attached hydrogens (tertiary/aromatic N) is 3. The van der Waals surface area contributed by atoms with E-state index < -0.39 is 0 Å². The minimum Gasteiger partial charge on any atom is -0.357 e. The van der Waals surface area contributed by atoms with Crippen LogP contribution in [0.5, 0.6) is 0 Å². The molecule has 0 amide bonds. The molecule has 3 rings (SSSR count). The summed E-state index contributed by atoms with van der Waals surface area (Å²) in [4.78, 5) is 12.1. The van der Waals surface area contributed by atoms with Gasteiger partial charge in [-0.15, -0.1) is 35.3 Å². The van der Waals surface area contributed by atoms with Gasteiger partial charge in [0.2, 0.25) is 0 Å². The number of halogens is 1. The average molecular weight is 462 g/mol. The zero-order valence-electron chi connectivity index (χ0n) is 15.4. The van der Waals surface area contributed by atoms with Crippen LogP contribution in [0, 0.1) is 5.41 Å². The maximum Gasteiger partial charge on any atom is 0.194 e. The van der Waals surface area contributed by atoms with E-state index >= 15 is 0 Å². The van der Waals surface area contributed by atoms with Crippen molar-refractivity contribution in [2.75, 3.05) is 19.6 Å². The molecule has 24 heavy (non-hydrogen) atoms. The lowest BCUT2D eigenvalue weighted by Gasteiger charge is -2.38. The second-order valence-electron chi connectivity index (χ2n) is 8.07. The van der Waals surface area contributed by atoms with Gasteiger partial charge in [0.25, 0.3) is 0 Å². The van der Waals surface area contributed by atoms with Crippen LogP contribution in [0.3, 0.4) is 0 Å². The Kier molecular flexibility index (Phi) is 6.56. The Labute approximate surface area is 167 Å². The molecular formula is C18H31IN4S. The molecule has 1 aliphatic carbocycles. The van der Waals surface area contributed by atoms with Crippen molar-refractivity contribution in [3.63, 3.8) is 0 Å². The zero-order valence-corrected chi connectivity index (χ0v) is 18.5. The van der Waals surface area contributed by atoms with Gasteiger partial charge in [-0.1, -0.05) is 27.2 Å². The van der Waals surface area contributed by atoms with Crippen LogP contribution in [-0.2, 0) is 12.0 Å². The van der Waals surface area contributed by atoms with Gasteiger partial charge in [-0.05, 0) is 31.6 Å². The van der Waals surface area contributed by atoms with Crippen molar-refractivity contribution in [2.24, 2.45) is 10.4 Å². The van der Waals surface area contributed by atoms with Crippen molar-refractivity contribution < 1.29 is 0 Å². The van der Waals surface area contributed by atoms with Gasteiger partial charge < -0.3 is 10.2 Å². The Morgan fingerprint density at radius 3 is 2.62 bits per heavy atom. The average Bonchev–Trinajstić information content (AvgIpc) is 3.09. The van der Waals surface area contributed by atoms with Gasteiger partial charge in [0.15, 0.2) is 5.96 Å². The van der Waals surface area contributed by atoms with Crippen LogP contribution >= 0.6 is 35.3 Å². The molecule has 1 saturated heterocycles. The summed E-state index contributed by atoms with van der Waals surface area (Å²) in [7, 11) is 0. The first-order chi connectivity index (χ1) is 10.9. The standard InChI is InChI=1S/C18H30N4S.HI/c1-5-19-16(22-10-9-18(13-22)7-6-8-18)20-11-15-21-14(12-23-15)17(2,3)4;/h12H,5-11,13H2,1-4H3,(H,19,20);1H. The van der Waals surface area contributed by atoms with Crippen LogP contribution in [0.25, 0.3) is 0 Å². The number of aliphatic imine (C=N–C) groups is 1. The second-order valence-corrected chi connectivity index (χ2v) is 9.01. The molecule has 1 aliphatic heterocycles. The highest BCUT2D eigenvalue weighted by atomic mass is 127. The normalized spacial score (nSPS) is 20.0. The smallest absolute Gasteiger partial charge is 0.194 e. The van der Waals surface area contributed by atoms with Gasteiger partial charge in [0, 0.05) is 30.4 Å². The molecule has 2 aliphatic rings. The van der Waals surface area contributed by atoms with E-state index in [-0.39, 0.29) is 29.4 Å². The van der Waals surface area contributed by atoms with Crippen LogP contribution in [-0.4, -0.2) is 35.5 Å². The minimum atomic E-state index is 0. The lowest BCUT2D eigenvalue weighted by atomic mass is 9.68. The van der Waals surface area contributed by atoms with Gasteiger partial charge >= 0.3 is 0 Å².